The zero-order chi connectivity index (χ0) is 24.3. The van der Waals surface area contributed by atoms with Crippen LogP contribution in [0.25, 0.3) is 21.2 Å². The Kier molecular flexibility index (Phi) is 6.78. The number of fused-ring (bicyclic) bond motifs is 1. The van der Waals surface area contributed by atoms with Crippen molar-refractivity contribution in [3.8, 4) is 10.4 Å². The number of halogens is 4. The van der Waals surface area contributed by atoms with E-state index in [-0.39, 0.29) is 11.6 Å². The summed E-state index contributed by atoms with van der Waals surface area (Å²) in [7, 11) is 1.52. The molecule has 2 aromatic carbocycles. The Hall–Kier alpha value is -3.53. The van der Waals surface area contributed by atoms with E-state index in [1.165, 1.54) is 42.8 Å². The lowest BCUT2D eigenvalue weighted by Crippen LogP contribution is -2.19. The maximum Gasteiger partial charge on any atom is 0.416 e. The van der Waals surface area contributed by atoms with Crippen LogP contribution in [0.5, 0.6) is 0 Å². The number of nitrogens with one attached hydrogen (secondary N) is 2. The highest BCUT2D eigenvalue weighted by Crippen LogP contribution is 2.35. The van der Waals surface area contributed by atoms with E-state index in [0.29, 0.717) is 34.8 Å². The minimum absolute atomic E-state index is 0.256. The van der Waals surface area contributed by atoms with E-state index in [9.17, 15) is 22.4 Å². The summed E-state index contributed by atoms with van der Waals surface area (Å²) in [5.41, 5.74) is 1.12. The average Bonchev–Trinajstić information content (AvgIpc) is 3.25. The number of amides is 1. The van der Waals surface area contributed by atoms with Gasteiger partial charge in [0.1, 0.15) is 5.69 Å². The molecular formula is C24H20F4N4OS. The average molecular weight is 489 g/mol. The van der Waals surface area contributed by atoms with Crippen LogP contribution in [-0.4, -0.2) is 29.5 Å². The minimum atomic E-state index is -4.35. The number of alkyl halides is 3. The van der Waals surface area contributed by atoms with E-state index in [1.54, 1.807) is 6.07 Å². The standard InChI is InChI=1S/C24H20F4N4OS/c1-29-22(33)20-21(15-6-7-16-13-31-19(25)12-17(16)11-15)34-23(32-20)30-10-2-3-14-4-8-18(9-5-14)24(26,27)28/h4-9,11-13H,2-3,10H2,1H3,(H,29,33)(H,30,32). The van der Waals surface area contributed by atoms with E-state index in [4.69, 9.17) is 0 Å². The first-order chi connectivity index (χ1) is 16.2. The number of aromatic nitrogens is 2. The first-order valence-corrected chi connectivity index (χ1v) is 11.2. The van der Waals surface area contributed by atoms with Gasteiger partial charge in [-0.1, -0.05) is 35.6 Å². The molecule has 34 heavy (non-hydrogen) atoms. The molecule has 0 aliphatic heterocycles. The number of pyridine rings is 1. The lowest BCUT2D eigenvalue weighted by atomic mass is 10.1. The van der Waals surface area contributed by atoms with Gasteiger partial charge in [-0.15, -0.1) is 0 Å². The second-order valence-corrected chi connectivity index (χ2v) is 8.57. The summed E-state index contributed by atoms with van der Waals surface area (Å²) >= 11 is 1.30. The van der Waals surface area contributed by atoms with Crippen molar-refractivity contribution >= 4 is 33.1 Å². The lowest BCUT2D eigenvalue weighted by molar-refractivity contribution is -0.137. The highest BCUT2D eigenvalue weighted by Gasteiger charge is 2.29. The van der Waals surface area contributed by atoms with Gasteiger partial charge in [-0.05, 0) is 47.6 Å². The molecule has 0 atom stereocenters. The number of hydrogen-bond acceptors (Lipinski definition) is 5. The summed E-state index contributed by atoms with van der Waals surface area (Å²) < 4.78 is 51.6. The molecule has 2 heterocycles. The van der Waals surface area contributed by atoms with Crippen molar-refractivity contribution in [2.45, 2.75) is 19.0 Å². The van der Waals surface area contributed by atoms with Gasteiger partial charge in [0.25, 0.3) is 5.91 Å². The molecule has 0 saturated carbocycles. The van der Waals surface area contributed by atoms with Crippen molar-refractivity contribution in [3.63, 3.8) is 0 Å². The van der Waals surface area contributed by atoms with Gasteiger partial charge in [-0.3, -0.25) is 4.79 Å². The molecule has 2 aromatic heterocycles. The van der Waals surface area contributed by atoms with Crippen molar-refractivity contribution in [3.05, 3.63) is 77.5 Å². The molecule has 0 spiro atoms. The maximum absolute atomic E-state index is 13.6. The van der Waals surface area contributed by atoms with Crippen LogP contribution in [0.15, 0.2) is 54.7 Å². The Balaban J connectivity index is 1.46. The molecule has 0 fully saturated rings. The van der Waals surface area contributed by atoms with Crippen LogP contribution in [0.1, 0.15) is 28.0 Å². The third-order valence-corrected chi connectivity index (χ3v) is 6.28. The molecule has 4 aromatic rings. The van der Waals surface area contributed by atoms with Gasteiger partial charge in [0.15, 0.2) is 5.13 Å². The predicted octanol–water partition coefficient (Wildman–Crippen LogP) is 5.92. The molecular weight excluding hydrogens is 468 g/mol. The third-order valence-electron chi connectivity index (χ3n) is 5.22. The highest BCUT2D eigenvalue weighted by atomic mass is 32.1. The molecule has 1 amide bonds. The van der Waals surface area contributed by atoms with Gasteiger partial charge < -0.3 is 10.6 Å². The first-order valence-electron chi connectivity index (χ1n) is 10.4. The Bertz CT molecular complexity index is 1320. The number of anilines is 1. The third kappa shape index (κ3) is 5.33. The van der Waals surface area contributed by atoms with E-state index in [1.807, 2.05) is 12.1 Å². The summed E-state index contributed by atoms with van der Waals surface area (Å²) in [5, 5.41) is 7.74. The van der Waals surface area contributed by atoms with E-state index in [0.717, 1.165) is 28.6 Å². The van der Waals surface area contributed by atoms with Crippen LogP contribution in [-0.2, 0) is 12.6 Å². The fourth-order valence-electron chi connectivity index (χ4n) is 3.47. The lowest BCUT2D eigenvalue weighted by Gasteiger charge is -2.07. The number of thiazole rings is 1. The number of carbonyl (C=O) groups is 1. The molecule has 0 saturated heterocycles. The summed E-state index contributed by atoms with van der Waals surface area (Å²) in [6.45, 7) is 0.524. The molecule has 0 radical (unpaired) electrons. The van der Waals surface area contributed by atoms with Crippen molar-refractivity contribution < 1.29 is 22.4 Å². The van der Waals surface area contributed by atoms with Crippen LogP contribution < -0.4 is 10.6 Å². The number of benzene rings is 2. The van der Waals surface area contributed by atoms with Crippen LogP contribution in [0, 0.1) is 5.95 Å². The zero-order valence-electron chi connectivity index (χ0n) is 18.0. The quantitative estimate of drug-likeness (QED) is 0.193. The number of rotatable bonds is 7. The molecule has 5 nitrogen and oxygen atoms in total. The Morgan fingerprint density at radius 1 is 1.06 bits per heavy atom. The van der Waals surface area contributed by atoms with Crippen molar-refractivity contribution in [1.29, 1.82) is 0 Å². The van der Waals surface area contributed by atoms with Crippen LogP contribution in [0.4, 0.5) is 22.7 Å². The van der Waals surface area contributed by atoms with Crippen molar-refractivity contribution in [2.24, 2.45) is 0 Å². The summed E-state index contributed by atoms with van der Waals surface area (Å²) in [4.78, 5) is 21.1. The van der Waals surface area contributed by atoms with Gasteiger partial charge in [0.2, 0.25) is 5.95 Å². The summed E-state index contributed by atoms with van der Waals surface area (Å²) in [6, 6.07) is 11.9. The molecule has 0 unspecified atom stereocenters. The monoisotopic (exact) mass is 488 g/mol. The zero-order valence-corrected chi connectivity index (χ0v) is 18.9. The molecule has 0 aliphatic rings. The summed E-state index contributed by atoms with van der Waals surface area (Å²) in [5.74, 6) is -0.930. The van der Waals surface area contributed by atoms with Gasteiger partial charge >= 0.3 is 6.18 Å². The minimum Gasteiger partial charge on any atom is -0.361 e. The van der Waals surface area contributed by atoms with Crippen LogP contribution in [0.3, 0.4) is 0 Å². The molecule has 0 aliphatic carbocycles. The van der Waals surface area contributed by atoms with Crippen molar-refractivity contribution in [1.82, 2.24) is 15.3 Å². The van der Waals surface area contributed by atoms with Gasteiger partial charge in [-0.2, -0.15) is 17.6 Å². The Labute approximate surface area is 196 Å². The van der Waals surface area contributed by atoms with Gasteiger partial charge in [-0.25, -0.2) is 9.97 Å². The molecule has 0 bridgehead atoms. The molecule has 2 N–H and O–H groups in total. The predicted molar refractivity (Wildman–Crippen MR) is 124 cm³/mol. The summed E-state index contributed by atoms with van der Waals surface area (Å²) in [6.07, 6.45) is -1.64. The van der Waals surface area contributed by atoms with Crippen molar-refractivity contribution in [2.75, 3.05) is 18.9 Å². The number of aryl methyl sites for hydroxylation is 1. The van der Waals surface area contributed by atoms with E-state index < -0.39 is 17.7 Å². The molecule has 176 valence electrons. The fourth-order valence-corrected chi connectivity index (χ4v) is 4.45. The number of nitrogens with zero attached hydrogens (tertiary/aromatic N) is 2. The second kappa shape index (κ2) is 9.76. The smallest absolute Gasteiger partial charge is 0.361 e. The Morgan fingerprint density at radius 2 is 1.82 bits per heavy atom. The fraction of sp³-hybridized carbons (Fsp3) is 0.208. The normalized spacial score (nSPS) is 11.6. The van der Waals surface area contributed by atoms with E-state index >= 15 is 0 Å². The number of carbonyl (C=O) groups excluding carboxylic acids is 1. The topological polar surface area (TPSA) is 66.9 Å². The maximum atomic E-state index is 13.6. The number of hydrogen-bond donors (Lipinski definition) is 2. The highest BCUT2D eigenvalue weighted by molar-refractivity contribution is 7.19. The molecule has 10 heteroatoms. The van der Waals surface area contributed by atoms with Crippen LogP contribution >= 0.6 is 11.3 Å². The molecule has 4 rings (SSSR count). The van der Waals surface area contributed by atoms with Gasteiger partial charge in [0.05, 0.1) is 10.4 Å². The van der Waals surface area contributed by atoms with E-state index in [2.05, 4.69) is 20.6 Å². The van der Waals surface area contributed by atoms with Crippen LogP contribution in [0.2, 0.25) is 0 Å². The Morgan fingerprint density at radius 3 is 2.53 bits per heavy atom. The van der Waals surface area contributed by atoms with Gasteiger partial charge in [0, 0.05) is 31.2 Å². The largest absolute Gasteiger partial charge is 0.416 e. The second-order valence-electron chi connectivity index (χ2n) is 7.57. The first kappa shape index (κ1) is 23.6. The SMILES string of the molecule is CNC(=O)c1nc(NCCCc2ccc(C(F)(F)F)cc2)sc1-c1ccc2cnc(F)cc2c1.